The summed E-state index contributed by atoms with van der Waals surface area (Å²) < 4.78 is 15.7. The topological polar surface area (TPSA) is 79.3 Å². The van der Waals surface area contributed by atoms with Crippen molar-refractivity contribution in [2.24, 2.45) is 0 Å². The van der Waals surface area contributed by atoms with E-state index in [0.29, 0.717) is 19.6 Å². The molecular weight excluding hydrogens is 704 g/mol. The molecule has 4 atom stereocenters. The van der Waals surface area contributed by atoms with Gasteiger partial charge in [-0.1, -0.05) is 48.0 Å². The maximum atomic E-state index is 13.5. The summed E-state index contributed by atoms with van der Waals surface area (Å²) in [6.45, 7) is 9.96. The van der Waals surface area contributed by atoms with Crippen LogP contribution in [0.15, 0.2) is 84.0 Å². The van der Waals surface area contributed by atoms with Gasteiger partial charge in [0.15, 0.2) is 0 Å². The molecule has 7 rings (SSSR count). The van der Waals surface area contributed by atoms with Crippen LogP contribution in [-0.4, -0.2) is 85.5 Å². The van der Waals surface area contributed by atoms with Crippen molar-refractivity contribution in [3.63, 3.8) is 0 Å². The number of hydrogen-bond acceptors (Lipinski definition) is 7. The van der Waals surface area contributed by atoms with Gasteiger partial charge in [-0.25, -0.2) is 9.78 Å². The van der Waals surface area contributed by atoms with Gasteiger partial charge in [0.25, 0.3) is 0 Å². The molecular formula is C38H44BrClN6O3. The van der Waals surface area contributed by atoms with Gasteiger partial charge in [-0.3, -0.25) is 14.8 Å². The summed E-state index contributed by atoms with van der Waals surface area (Å²) in [6, 6.07) is 18.8. The Morgan fingerprint density at radius 1 is 1.10 bits per heavy atom. The van der Waals surface area contributed by atoms with Crippen molar-refractivity contribution in [3.8, 4) is 0 Å². The second-order valence-electron chi connectivity index (χ2n) is 14.3. The predicted octanol–water partition coefficient (Wildman–Crippen LogP) is 7.12. The zero-order valence-electron chi connectivity index (χ0n) is 28.3. The van der Waals surface area contributed by atoms with E-state index in [4.69, 9.17) is 26.1 Å². The van der Waals surface area contributed by atoms with Gasteiger partial charge in [0, 0.05) is 67.4 Å². The maximum Gasteiger partial charge on any atom is 0.410 e. The minimum Gasteiger partial charge on any atom is -0.444 e. The molecule has 0 bridgehead atoms. The summed E-state index contributed by atoms with van der Waals surface area (Å²) in [5.41, 5.74) is 5.39. The molecule has 258 valence electrons. The highest BCUT2D eigenvalue weighted by atomic mass is 79.9. The zero-order chi connectivity index (χ0) is 34.1. The third kappa shape index (κ3) is 8.05. The number of piperazine rings is 1. The number of epoxide rings is 1. The van der Waals surface area contributed by atoms with Gasteiger partial charge >= 0.3 is 6.09 Å². The van der Waals surface area contributed by atoms with Crippen LogP contribution in [0.4, 0.5) is 4.79 Å². The number of carbonyl (C=O) groups excluding carboxylic acids is 1. The molecule has 2 aromatic heterocycles. The first kappa shape index (κ1) is 34.2. The molecule has 0 spiro atoms. The molecule has 11 heteroatoms. The van der Waals surface area contributed by atoms with E-state index >= 15 is 0 Å². The van der Waals surface area contributed by atoms with Crippen LogP contribution >= 0.6 is 27.5 Å². The number of amides is 1. The first-order chi connectivity index (χ1) is 23.6. The summed E-state index contributed by atoms with van der Waals surface area (Å²) >= 11 is 10.2. The van der Waals surface area contributed by atoms with Crippen molar-refractivity contribution in [1.29, 1.82) is 0 Å². The van der Waals surface area contributed by atoms with E-state index < -0.39 is 5.60 Å². The predicted molar refractivity (Wildman–Crippen MR) is 193 cm³/mol. The Morgan fingerprint density at radius 3 is 2.69 bits per heavy atom. The van der Waals surface area contributed by atoms with Crippen molar-refractivity contribution >= 4 is 33.6 Å². The number of carbonyl (C=O) groups is 1. The molecule has 4 heterocycles. The standard InChI is InChI=1S/C38H44BrClN6O3/c1-38(2,3)49-37(47)45-18-19-46(34-31-13-12-30(40)21-27(31)10-11-28-20-29(39)22-42-33(28)34)32(24-45)35-36(48-35)44(23-26-8-5-4-6-9-26)16-7-15-43-17-14-41-25-43/h4-6,8-9,12-14,17,20-22,25,32,34-36H,7,10-11,15-16,18-19,23-24H2,1-3H3/t32-,34?,35?,36?/m1/s1. The number of nitrogens with zero attached hydrogens (tertiary/aromatic N) is 6. The number of pyridine rings is 1. The van der Waals surface area contributed by atoms with Gasteiger partial charge in [0.1, 0.15) is 17.9 Å². The van der Waals surface area contributed by atoms with Crippen LogP contribution in [0.25, 0.3) is 0 Å². The SMILES string of the molecule is CC(C)(C)OC(=O)N1CCN(C2c3ccc(Cl)cc3CCc3cc(Br)cnc32)[C@@H](C2OC2N(CCCn2ccnc2)Cc2ccccc2)C1. The minimum atomic E-state index is -0.584. The van der Waals surface area contributed by atoms with Crippen LogP contribution in [-0.2, 0) is 35.4 Å². The molecule has 3 unspecified atom stereocenters. The van der Waals surface area contributed by atoms with Crippen molar-refractivity contribution in [2.45, 2.75) is 83.1 Å². The minimum absolute atomic E-state index is 0.0943. The smallest absolute Gasteiger partial charge is 0.410 e. The number of benzene rings is 2. The van der Waals surface area contributed by atoms with Gasteiger partial charge in [0.05, 0.1) is 24.1 Å². The highest BCUT2D eigenvalue weighted by molar-refractivity contribution is 9.10. The van der Waals surface area contributed by atoms with E-state index in [-0.39, 0.29) is 30.5 Å². The first-order valence-electron chi connectivity index (χ1n) is 17.2. The molecule has 1 amide bonds. The Labute approximate surface area is 302 Å². The number of aryl methyl sites for hydroxylation is 3. The molecule has 2 aliphatic heterocycles. The summed E-state index contributed by atoms with van der Waals surface area (Å²) in [4.78, 5) is 29.6. The average molecular weight is 748 g/mol. The fraction of sp³-hybridized carbons (Fsp3) is 0.447. The van der Waals surface area contributed by atoms with Crippen LogP contribution in [0.1, 0.15) is 61.2 Å². The normalized spacial score (nSPS) is 22.4. The average Bonchev–Trinajstić information content (AvgIpc) is 3.73. The lowest BCUT2D eigenvalue weighted by Gasteiger charge is -2.45. The molecule has 2 saturated heterocycles. The van der Waals surface area contributed by atoms with Crippen LogP contribution in [0.3, 0.4) is 0 Å². The summed E-state index contributed by atoms with van der Waals surface area (Å²) in [5, 5.41) is 0.738. The van der Waals surface area contributed by atoms with Crippen LogP contribution in [0.5, 0.6) is 0 Å². The van der Waals surface area contributed by atoms with E-state index in [2.05, 4.69) is 83.8 Å². The lowest BCUT2D eigenvalue weighted by Crippen LogP contribution is -2.59. The Hall–Kier alpha value is -3.28. The van der Waals surface area contributed by atoms with E-state index in [1.807, 2.05) is 56.7 Å². The number of ether oxygens (including phenoxy) is 2. The van der Waals surface area contributed by atoms with E-state index in [1.165, 1.54) is 22.3 Å². The fourth-order valence-corrected chi connectivity index (χ4v) is 7.93. The highest BCUT2D eigenvalue weighted by Crippen LogP contribution is 2.43. The Kier molecular flexibility index (Phi) is 10.1. The monoisotopic (exact) mass is 746 g/mol. The van der Waals surface area contributed by atoms with Crippen molar-refractivity contribution < 1.29 is 14.3 Å². The highest BCUT2D eigenvalue weighted by Gasteiger charge is 2.54. The molecule has 49 heavy (non-hydrogen) atoms. The van der Waals surface area contributed by atoms with Crippen molar-refractivity contribution in [3.05, 3.63) is 117 Å². The van der Waals surface area contributed by atoms with E-state index in [1.54, 1.807) is 0 Å². The van der Waals surface area contributed by atoms with Crippen LogP contribution < -0.4 is 0 Å². The lowest BCUT2D eigenvalue weighted by molar-refractivity contribution is -0.00651. The van der Waals surface area contributed by atoms with Crippen molar-refractivity contribution in [2.75, 3.05) is 26.2 Å². The number of aromatic nitrogens is 3. The molecule has 0 saturated carbocycles. The molecule has 4 aromatic rings. The number of fused-ring (bicyclic) bond motifs is 2. The first-order valence-corrected chi connectivity index (χ1v) is 18.4. The summed E-state index contributed by atoms with van der Waals surface area (Å²) in [7, 11) is 0. The molecule has 2 aromatic carbocycles. The molecule has 0 N–H and O–H groups in total. The largest absolute Gasteiger partial charge is 0.444 e. The third-order valence-corrected chi connectivity index (χ3v) is 10.3. The van der Waals surface area contributed by atoms with Crippen LogP contribution in [0.2, 0.25) is 5.02 Å². The second-order valence-corrected chi connectivity index (χ2v) is 15.6. The van der Waals surface area contributed by atoms with Gasteiger partial charge in [-0.2, -0.15) is 0 Å². The Bertz CT molecular complexity index is 1700. The third-order valence-electron chi connectivity index (χ3n) is 9.62. The van der Waals surface area contributed by atoms with Gasteiger partial charge in [-0.15, -0.1) is 0 Å². The number of imidazole rings is 1. The fourth-order valence-electron chi connectivity index (χ4n) is 7.36. The Morgan fingerprint density at radius 2 is 1.92 bits per heavy atom. The van der Waals surface area contributed by atoms with Crippen LogP contribution in [0, 0.1) is 0 Å². The molecule has 0 radical (unpaired) electrons. The van der Waals surface area contributed by atoms with E-state index in [9.17, 15) is 4.79 Å². The molecule has 2 fully saturated rings. The van der Waals surface area contributed by atoms with Crippen molar-refractivity contribution in [1.82, 2.24) is 29.2 Å². The molecule has 1 aliphatic carbocycles. The lowest BCUT2D eigenvalue weighted by atomic mass is 9.93. The van der Waals surface area contributed by atoms with Gasteiger partial charge in [0.2, 0.25) is 0 Å². The second kappa shape index (κ2) is 14.5. The van der Waals surface area contributed by atoms with Gasteiger partial charge in [-0.05, 0) is 96.4 Å². The summed E-state index contributed by atoms with van der Waals surface area (Å²) in [6.07, 6.45) is 9.81. The molecule has 9 nitrogen and oxygen atoms in total. The number of hydrogen-bond donors (Lipinski definition) is 0. The molecule has 3 aliphatic rings. The summed E-state index contributed by atoms with van der Waals surface area (Å²) in [5.74, 6) is 0. The number of halogens is 2. The maximum absolute atomic E-state index is 13.5. The Balaban J connectivity index is 1.22. The van der Waals surface area contributed by atoms with Gasteiger partial charge < -0.3 is 18.9 Å². The number of rotatable bonds is 9. The van der Waals surface area contributed by atoms with E-state index in [0.717, 1.165) is 54.1 Å². The quantitative estimate of drug-likeness (QED) is 0.169. The zero-order valence-corrected chi connectivity index (χ0v) is 30.7.